The zero-order valence-corrected chi connectivity index (χ0v) is 10.6. The van der Waals surface area contributed by atoms with Crippen LogP contribution >= 0.6 is 0 Å². The standard InChI is InChI=1S/C9H14N6O4/c1-3-13(4-2)9-10-5-7(15(18)19)8(12-9)11-6-14(16)17/h5H,3-4,6H2,1-2H3,(H,10,11,12). The Morgan fingerprint density at radius 1 is 1.32 bits per heavy atom. The number of aromatic nitrogens is 2. The number of rotatable bonds is 7. The summed E-state index contributed by atoms with van der Waals surface area (Å²) in [6.45, 7) is 4.39. The molecule has 0 bridgehead atoms. The molecule has 10 heteroatoms. The Morgan fingerprint density at radius 3 is 2.42 bits per heavy atom. The first-order valence-corrected chi connectivity index (χ1v) is 5.61. The molecule has 10 nitrogen and oxygen atoms in total. The minimum Gasteiger partial charge on any atom is -0.341 e. The number of nitrogens with one attached hydrogen (secondary N) is 1. The predicted molar refractivity (Wildman–Crippen MR) is 67.7 cm³/mol. The molecule has 0 amide bonds. The number of nitro groups is 2. The maximum atomic E-state index is 10.8. The van der Waals surface area contributed by atoms with Crippen LogP contribution in [0.5, 0.6) is 0 Å². The van der Waals surface area contributed by atoms with Gasteiger partial charge in [0.2, 0.25) is 11.8 Å². The summed E-state index contributed by atoms with van der Waals surface area (Å²) in [6.07, 6.45) is 1.04. The highest BCUT2D eigenvalue weighted by Gasteiger charge is 2.19. The molecule has 104 valence electrons. The summed E-state index contributed by atoms with van der Waals surface area (Å²) in [4.78, 5) is 29.4. The van der Waals surface area contributed by atoms with Crippen molar-refractivity contribution in [2.24, 2.45) is 0 Å². The van der Waals surface area contributed by atoms with Gasteiger partial charge in [0.05, 0.1) is 4.92 Å². The highest BCUT2D eigenvalue weighted by molar-refractivity contribution is 5.57. The lowest BCUT2D eigenvalue weighted by Crippen LogP contribution is -2.25. The van der Waals surface area contributed by atoms with Crippen LogP contribution in [0.1, 0.15) is 13.8 Å². The second-order valence-corrected chi connectivity index (χ2v) is 3.50. The SMILES string of the molecule is CCN(CC)c1ncc([N+](=O)[O-])c(NC[N+](=O)[O-])n1. The molecule has 0 unspecified atom stereocenters. The average Bonchev–Trinajstić information content (AvgIpc) is 2.37. The van der Waals surface area contributed by atoms with E-state index in [0.717, 1.165) is 6.20 Å². The van der Waals surface area contributed by atoms with E-state index in [2.05, 4.69) is 15.3 Å². The van der Waals surface area contributed by atoms with E-state index in [9.17, 15) is 20.2 Å². The van der Waals surface area contributed by atoms with Crippen LogP contribution in [-0.2, 0) is 0 Å². The van der Waals surface area contributed by atoms with Crippen LogP contribution in [-0.4, -0.2) is 39.6 Å². The lowest BCUT2D eigenvalue weighted by Gasteiger charge is -2.18. The van der Waals surface area contributed by atoms with Gasteiger partial charge in [-0.2, -0.15) is 4.98 Å². The van der Waals surface area contributed by atoms with E-state index in [-0.39, 0.29) is 5.82 Å². The molecule has 0 spiro atoms. The fourth-order valence-electron chi connectivity index (χ4n) is 1.43. The fourth-order valence-corrected chi connectivity index (χ4v) is 1.43. The van der Waals surface area contributed by atoms with Crippen molar-refractivity contribution >= 4 is 17.5 Å². The van der Waals surface area contributed by atoms with Crippen LogP contribution in [0.25, 0.3) is 0 Å². The molecule has 0 aliphatic carbocycles. The van der Waals surface area contributed by atoms with Gasteiger partial charge >= 0.3 is 5.69 Å². The summed E-state index contributed by atoms with van der Waals surface area (Å²) in [7, 11) is 0. The molecule has 1 aromatic rings. The molecule has 19 heavy (non-hydrogen) atoms. The van der Waals surface area contributed by atoms with E-state index in [1.807, 2.05) is 13.8 Å². The molecule has 1 rings (SSSR count). The zero-order chi connectivity index (χ0) is 14.4. The highest BCUT2D eigenvalue weighted by atomic mass is 16.6. The lowest BCUT2D eigenvalue weighted by molar-refractivity contribution is -0.473. The predicted octanol–water partition coefficient (Wildman–Crippen LogP) is 0.877. The Bertz CT molecular complexity index is 476. The summed E-state index contributed by atoms with van der Waals surface area (Å²) < 4.78 is 0. The molecule has 1 heterocycles. The Kier molecular flexibility index (Phi) is 4.92. The summed E-state index contributed by atoms with van der Waals surface area (Å²) in [5.41, 5.74) is -0.391. The average molecular weight is 270 g/mol. The van der Waals surface area contributed by atoms with Gasteiger partial charge in [-0.05, 0) is 13.8 Å². The molecule has 0 saturated heterocycles. The molecule has 0 aromatic carbocycles. The lowest BCUT2D eigenvalue weighted by atomic mass is 10.4. The van der Waals surface area contributed by atoms with Gasteiger partial charge in [-0.25, -0.2) is 4.98 Å². The number of nitrogens with zero attached hydrogens (tertiary/aromatic N) is 5. The molecule has 0 atom stereocenters. The van der Waals surface area contributed by atoms with Crippen molar-refractivity contribution in [1.82, 2.24) is 9.97 Å². The summed E-state index contributed by atoms with van der Waals surface area (Å²) >= 11 is 0. The Hall–Kier alpha value is -2.52. The highest BCUT2D eigenvalue weighted by Crippen LogP contribution is 2.23. The van der Waals surface area contributed by atoms with Crippen LogP contribution in [0.2, 0.25) is 0 Å². The topological polar surface area (TPSA) is 127 Å². The monoisotopic (exact) mass is 270 g/mol. The van der Waals surface area contributed by atoms with Crippen molar-refractivity contribution in [3.63, 3.8) is 0 Å². The number of hydrogen-bond donors (Lipinski definition) is 1. The van der Waals surface area contributed by atoms with Crippen LogP contribution in [0.3, 0.4) is 0 Å². The number of anilines is 2. The van der Waals surface area contributed by atoms with Gasteiger partial charge in [-0.15, -0.1) is 0 Å². The third kappa shape index (κ3) is 3.72. The van der Waals surface area contributed by atoms with Crippen LogP contribution in [0.4, 0.5) is 17.5 Å². The van der Waals surface area contributed by atoms with Gasteiger partial charge in [-0.3, -0.25) is 20.2 Å². The normalized spacial score (nSPS) is 10.0. The largest absolute Gasteiger partial charge is 0.341 e. The second-order valence-electron chi connectivity index (χ2n) is 3.50. The molecular weight excluding hydrogens is 256 g/mol. The van der Waals surface area contributed by atoms with Crippen LogP contribution in [0.15, 0.2) is 6.20 Å². The smallest absolute Gasteiger partial charge is 0.329 e. The van der Waals surface area contributed by atoms with Crippen molar-refractivity contribution in [3.8, 4) is 0 Å². The van der Waals surface area contributed by atoms with Crippen molar-refractivity contribution in [3.05, 3.63) is 26.4 Å². The second kappa shape index (κ2) is 6.42. The van der Waals surface area contributed by atoms with E-state index in [1.54, 1.807) is 4.90 Å². The molecular formula is C9H14N6O4. The van der Waals surface area contributed by atoms with Gasteiger partial charge in [0, 0.05) is 18.0 Å². The molecule has 0 aliphatic rings. The minimum atomic E-state index is -0.686. The van der Waals surface area contributed by atoms with Crippen LogP contribution < -0.4 is 10.2 Å². The molecule has 0 fully saturated rings. The van der Waals surface area contributed by atoms with Crippen molar-refractivity contribution < 1.29 is 9.85 Å². The van der Waals surface area contributed by atoms with Gasteiger partial charge in [0.15, 0.2) is 0 Å². The molecule has 0 saturated carbocycles. The quantitative estimate of drug-likeness (QED) is 0.439. The Balaban J connectivity index is 3.09. The van der Waals surface area contributed by atoms with Crippen LogP contribution in [0, 0.1) is 20.2 Å². The van der Waals surface area contributed by atoms with Crippen molar-refractivity contribution in [1.29, 1.82) is 0 Å². The van der Waals surface area contributed by atoms with E-state index in [1.165, 1.54) is 0 Å². The zero-order valence-electron chi connectivity index (χ0n) is 10.6. The first-order valence-electron chi connectivity index (χ1n) is 5.61. The van der Waals surface area contributed by atoms with E-state index < -0.39 is 22.2 Å². The Labute approximate surface area is 108 Å². The van der Waals surface area contributed by atoms with E-state index >= 15 is 0 Å². The molecule has 1 N–H and O–H groups in total. The summed E-state index contributed by atoms with van der Waals surface area (Å²) in [5.74, 6) is 0.139. The van der Waals surface area contributed by atoms with E-state index in [4.69, 9.17) is 0 Å². The van der Waals surface area contributed by atoms with Gasteiger partial charge in [0.25, 0.3) is 6.67 Å². The summed E-state index contributed by atoms with van der Waals surface area (Å²) in [5, 5.41) is 23.4. The first kappa shape index (κ1) is 14.5. The third-order valence-corrected chi connectivity index (χ3v) is 2.38. The minimum absolute atomic E-state index is 0.154. The first-order chi connectivity index (χ1) is 8.99. The summed E-state index contributed by atoms with van der Waals surface area (Å²) in [6, 6.07) is 0. The molecule has 1 aromatic heterocycles. The van der Waals surface area contributed by atoms with Crippen molar-refractivity contribution in [2.45, 2.75) is 13.8 Å². The molecule has 0 radical (unpaired) electrons. The maximum Gasteiger partial charge on any atom is 0.329 e. The van der Waals surface area contributed by atoms with Gasteiger partial charge in [0.1, 0.15) is 6.20 Å². The third-order valence-electron chi connectivity index (χ3n) is 2.38. The van der Waals surface area contributed by atoms with Gasteiger partial charge < -0.3 is 10.2 Å². The Morgan fingerprint density at radius 2 is 1.95 bits per heavy atom. The van der Waals surface area contributed by atoms with E-state index in [0.29, 0.717) is 19.0 Å². The molecule has 0 aliphatic heterocycles. The van der Waals surface area contributed by atoms with Gasteiger partial charge in [-0.1, -0.05) is 0 Å². The fraction of sp³-hybridized carbons (Fsp3) is 0.556. The number of hydrogen-bond acceptors (Lipinski definition) is 8. The maximum absolute atomic E-state index is 10.8. The van der Waals surface area contributed by atoms with Crippen molar-refractivity contribution in [2.75, 3.05) is 30.0 Å².